The number of halogens is 3. The Morgan fingerprint density at radius 2 is 1.83 bits per heavy atom. The van der Waals surface area contributed by atoms with Crippen LogP contribution in [-0.4, -0.2) is 27.0 Å². The largest absolute Gasteiger partial charge is 0.442 e. The molecule has 158 valence electrons. The van der Waals surface area contributed by atoms with Gasteiger partial charge in [-0.05, 0) is 42.2 Å². The Labute approximate surface area is 170 Å². The number of carbonyl (C=O) groups is 1. The Morgan fingerprint density at radius 1 is 1.17 bits per heavy atom. The van der Waals surface area contributed by atoms with E-state index in [2.05, 4.69) is 15.5 Å². The van der Waals surface area contributed by atoms with Gasteiger partial charge in [-0.3, -0.25) is 4.79 Å². The van der Waals surface area contributed by atoms with Gasteiger partial charge in [0.15, 0.2) is 0 Å². The zero-order valence-corrected chi connectivity index (χ0v) is 16.5. The molecule has 0 fully saturated rings. The zero-order valence-electron chi connectivity index (χ0n) is 15.7. The van der Waals surface area contributed by atoms with Crippen LogP contribution in [0.3, 0.4) is 0 Å². The molecule has 2 aromatic rings. The number of nitrogens with one attached hydrogen (secondary N) is 2. The summed E-state index contributed by atoms with van der Waals surface area (Å²) in [5.74, 6) is -0.760. The Balaban J connectivity index is 1.55. The highest BCUT2D eigenvalue weighted by Gasteiger charge is 2.65. The van der Waals surface area contributed by atoms with E-state index in [9.17, 15) is 26.4 Å². The third kappa shape index (κ3) is 3.37. The van der Waals surface area contributed by atoms with Crippen LogP contribution in [0, 0.1) is 6.92 Å². The second-order valence-corrected chi connectivity index (χ2v) is 8.83. The lowest BCUT2D eigenvalue weighted by atomic mass is 9.91. The van der Waals surface area contributed by atoms with E-state index in [4.69, 9.17) is 0 Å². The molecular weight excluding hydrogens is 421 g/mol. The van der Waals surface area contributed by atoms with E-state index in [1.54, 1.807) is 12.1 Å². The topological polar surface area (TPSA) is 100.0 Å². The molecular formula is C19H17F3N4O3S. The van der Waals surface area contributed by atoms with E-state index in [1.807, 2.05) is 17.7 Å². The summed E-state index contributed by atoms with van der Waals surface area (Å²) in [6.07, 6.45) is -3.99. The first-order valence-electron chi connectivity index (χ1n) is 9.05. The van der Waals surface area contributed by atoms with E-state index in [0.29, 0.717) is 12.1 Å². The molecule has 0 saturated heterocycles. The average molecular weight is 438 g/mol. The Kier molecular flexibility index (Phi) is 4.70. The van der Waals surface area contributed by atoms with Gasteiger partial charge in [0.2, 0.25) is 0 Å². The summed E-state index contributed by atoms with van der Waals surface area (Å²) in [6, 6.07) is 8.60. The maximum absolute atomic E-state index is 13.1. The van der Waals surface area contributed by atoms with Crippen LogP contribution >= 0.6 is 0 Å². The first-order valence-corrected chi connectivity index (χ1v) is 10.5. The van der Waals surface area contributed by atoms with Crippen molar-refractivity contribution in [2.24, 2.45) is 10.2 Å². The smallest absolute Gasteiger partial charge is 0.302 e. The van der Waals surface area contributed by atoms with Gasteiger partial charge >= 0.3 is 11.8 Å². The van der Waals surface area contributed by atoms with E-state index >= 15 is 0 Å². The molecule has 2 heterocycles. The molecule has 0 radical (unpaired) electrons. The molecule has 2 aromatic carbocycles. The number of amides is 1. The van der Waals surface area contributed by atoms with Crippen LogP contribution in [-0.2, 0) is 26.9 Å². The number of aryl methyl sites for hydroxylation is 1. The minimum atomic E-state index is -4.71. The van der Waals surface area contributed by atoms with Gasteiger partial charge in [0, 0.05) is 12.1 Å². The Morgan fingerprint density at radius 3 is 2.43 bits per heavy atom. The number of hydrogen-bond donors (Lipinski definition) is 2. The van der Waals surface area contributed by atoms with Crippen LogP contribution < -0.4 is 10.0 Å². The Hall–Kier alpha value is -2.79. The Bertz CT molecular complexity index is 1140. The number of carbonyl (C=O) groups excluding carboxylic acids is 1. The number of benzene rings is 2. The highest BCUT2D eigenvalue weighted by atomic mass is 32.2. The molecule has 2 N–H and O–H groups in total. The number of rotatable bonds is 4. The molecule has 1 atom stereocenters. The number of nitrogens with zero attached hydrogens (tertiary/aromatic N) is 2. The highest BCUT2D eigenvalue weighted by molar-refractivity contribution is 7.90. The van der Waals surface area contributed by atoms with Crippen LogP contribution in [0.4, 0.5) is 13.2 Å². The molecule has 0 aromatic heterocycles. The van der Waals surface area contributed by atoms with Gasteiger partial charge in [-0.2, -0.15) is 13.2 Å². The van der Waals surface area contributed by atoms with Crippen molar-refractivity contribution in [3.05, 3.63) is 64.7 Å². The third-order valence-corrected chi connectivity index (χ3v) is 6.60. The zero-order chi connectivity index (χ0) is 21.7. The maximum atomic E-state index is 13.1. The summed E-state index contributed by atoms with van der Waals surface area (Å²) in [4.78, 5) is 12.4. The van der Waals surface area contributed by atoms with Gasteiger partial charge in [0.1, 0.15) is 6.04 Å². The van der Waals surface area contributed by atoms with E-state index in [1.165, 1.54) is 0 Å². The number of alkyl halides is 3. The second-order valence-electron chi connectivity index (χ2n) is 7.14. The fraction of sp³-hybridized carbons (Fsp3) is 0.316. The van der Waals surface area contributed by atoms with Crippen LogP contribution in [0.15, 0.2) is 57.6 Å². The third-order valence-electron chi connectivity index (χ3n) is 5.24. The monoisotopic (exact) mass is 438 g/mol. The van der Waals surface area contributed by atoms with Crippen molar-refractivity contribution in [1.29, 1.82) is 0 Å². The maximum Gasteiger partial charge on any atom is 0.442 e. The molecule has 2 aliphatic rings. The first-order chi connectivity index (χ1) is 14.1. The second kappa shape index (κ2) is 6.88. The lowest BCUT2D eigenvalue weighted by molar-refractivity contribution is -0.166. The summed E-state index contributed by atoms with van der Waals surface area (Å²) < 4.78 is 66.4. The van der Waals surface area contributed by atoms with Crippen LogP contribution in [0.25, 0.3) is 0 Å². The van der Waals surface area contributed by atoms with Crippen LogP contribution in [0.2, 0.25) is 0 Å². The van der Waals surface area contributed by atoms with Gasteiger partial charge in [-0.1, -0.05) is 30.3 Å². The minimum Gasteiger partial charge on any atom is -0.302 e. The predicted molar refractivity (Wildman–Crippen MR) is 100.0 cm³/mol. The average Bonchev–Trinajstić information content (AvgIpc) is 3.50. The van der Waals surface area contributed by atoms with Crippen molar-refractivity contribution in [1.82, 2.24) is 10.0 Å². The summed E-state index contributed by atoms with van der Waals surface area (Å²) >= 11 is 0. The van der Waals surface area contributed by atoms with Gasteiger partial charge in [-0.25, -0.2) is 13.1 Å². The van der Waals surface area contributed by atoms with Crippen LogP contribution in [0.5, 0.6) is 0 Å². The highest BCUT2D eigenvalue weighted by Crippen LogP contribution is 2.52. The van der Waals surface area contributed by atoms with Gasteiger partial charge in [0.05, 0.1) is 4.90 Å². The minimum absolute atomic E-state index is 0.293. The summed E-state index contributed by atoms with van der Waals surface area (Å²) in [7, 11) is -4.28. The summed E-state index contributed by atoms with van der Waals surface area (Å²) in [5.41, 5.74) is -0.217. The van der Waals surface area contributed by atoms with Crippen molar-refractivity contribution in [2.75, 3.05) is 6.54 Å². The van der Waals surface area contributed by atoms with Gasteiger partial charge in [-0.15, -0.1) is 10.2 Å². The molecule has 4 rings (SSSR count). The molecule has 7 nitrogen and oxygen atoms in total. The lowest BCUT2D eigenvalue weighted by Gasteiger charge is -2.27. The van der Waals surface area contributed by atoms with Crippen molar-refractivity contribution in [3.8, 4) is 0 Å². The molecule has 2 aliphatic heterocycles. The fourth-order valence-corrected chi connectivity index (χ4v) is 4.58. The van der Waals surface area contributed by atoms with Crippen molar-refractivity contribution in [3.63, 3.8) is 0 Å². The molecule has 0 saturated carbocycles. The van der Waals surface area contributed by atoms with Crippen LogP contribution in [0.1, 0.15) is 28.3 Å². The first kappa shape index (κ1) is 20.5. The molecule has 1 amide bonds. The molecule has 11 heteroatoms. The van der Waals surface area contributed by atoms with Crippen molar-refractivity contribution in [2.45, 2.75) is 36.1 Å². The number of sulfonamides is 1. The van der Waals surface area contributed by atoms with Gasteiger partial charge in [0.25, 0.3) is 15.9 Å². The fourth-order valence-electron chi connectivity index (χ4n) is 3.58. The lowest BCUT2D eigenvalue weighted by Crippen LogP contribution is -2.43. The molecule has 1 unspecified atom stereocenters. The quantitative estimate of drug-likeness (QED) is 0.767. The van der Waals surface area contributed by atoms with Crippen molar-refractivity contribution < 1.29 is 26.4 Å². The number of hydrogen-bond acceptors (Lipinski definition) is 6. The standard InChI is InChI=1S/C19H17F3N4O3S/c1-11-3-2-4-15-14(11)9-10-23-16(15)17(27)24-30(28,29)13-7-5-12(6-8-13)18(25-26-18)19(20,21)22/h2-8,16,23H,9-10H2,1H3,(H,24,27). The van der Waals surface area contributed by atoms with E-state index in [0.717, 1.165) is 41.8 Å². The number of fused-ring (bicyclic) bond motifs is 1. The summed E-state index contributed by atoms with van der Waals surface area (Å²) in [6.45, 7) is 2.43. The molecule has 30 heavy (non-hydrogen) atoms. The normalized spacial score (nSPS) is 19.8. The molecule has 0 bridgehead atoms. The molecule has 0 spiro atoms. The van der Waals surface area contributed by atoms with Gasteiger partial charge < -0.3 is 5.32 Å². The SMILES string of the molecule is Cc1cccc2c1CCNC2C(=O)NS(=O)(=O)c1ccc(C2(C(F)(F)F)N=N2)cc1. The van der Waals surface area contributed by atoms with E-state index in [-0.39, 0.29) is 10.5 Å². The molecule has 0 aliphatic carbocycles. The van der Waals surface area contributed by atoms with E-state index < -0.39 is 33.8 Å². The van der Waals surface area contributed by atoms with Crippen molar-refractivity contribution >= 4 is 15.9 Å². The summed E-state index contributed by atoms with van der Waals surface area (Å²) in [5, 5.41) is 9.16. The predicted octanol–water partition coefficient (Wildman–Crippen LogP) is 2.87.